The summed E-state index contributed by atoms with van der Waals surface area (Å²) < 4.78 is 41.4. The van der Waals surface area contributed by atoms with E-state index in [1.54, 1.807) is 0 Å². The van der Waals surface area contributed by atoms with E-state index in [4.69, 9.17) is 11.6 Å². The molecular formula is C20H14ClF3N4OS. The van der Waals surface area contributed by atoms with Crippen molar-refractivity contribution in [3.63, 3.8) is 0 Å². The van der Waals surface area contributed by atoms with Crippen LogP contribution in [0.25, 0.3) is 16.6 Å². The molecule has 0 aliphatic heterocycles. The summed E-state index contributed by atoms with van der Waals surface area (Å²) in [5.74, 6) is -0.732. The van der Waals surface area contributed by atoms with Gasteiger partial charge < -0.3 is 5.32 Å². The van der Waals surface area contributed by atoms with E-state index in [1.807, 2.05) is 41.7 Å². The summed E-state index contributed by atoms with van der Waals surface area (Å²) in [6.07, 6.45) is -4.64. The average Bonchev–Trinajstić information content (AvgIpc) is 3.10. The van der Waals surface area contributed by atoms with E-state index in [0.29, 0.717) is 10.8 Å². The lowest BCUT2D eigenvalue weighted by Gasteiger charge is -2.14. The highest BCUT2D eigenvalue weighted by Gasteiger charge is 2.34. The number of pyridine rings is 1. The predicted molar refractivity (Wildman–Crippen MR) is 111 cm³/mol. The zero-order valence-corrected chi connectivity index (χ0v) is 17.1. The van der Waals surface area contributed by atoms with Crippen LogP contribution >= 0.6 is 23.4 Å². The molecule has 0 atom stereocenters. The number of halogens is 4. The van der Waals surface area contributed by atoms with E-state index in [9.17, 15) is 18.0 Å². The number of nitrogens with zero attached hydrogens (tertiary/aromatic N) is 3. The molecule has 2 heterocycles. The number of aromatic nitrogens is 3. The smallest absolute Gasteiger partial charge is 0.325 e. The Morgan fingerprint density at radius 3 is 2.70 bits per heavy atom. The number of hydrogen-bond donors (Lipinski definition) is 1. The summed E-state index contributed by atoms with van der Waals surface area (Å²) in [5.41, 5.74) is 1.22. The number of hydrogen-bond acceptors (Lipinski definition) is 4. The third-order valence-electron chi connectivity index (χ3n) is 4.47. The second-order valence-electron chi connectivity index (χ2n) is 6.55. The number of thioether (sulfide) groups is 1. The van der Waals surface area contributed by atoms with E-state index in [0.717, 1.165) is 40.4 Å². The van der Waals surface area contributed by atoms with Crippen LogP contribution in [0.2, 0.25) is 5.02 Å². The molecule has 1 amide bonds. The molecule has 5 nitrogen and oxygen atoms in total. The number of fused-ring (bicyclic) bond motifs is 3. The lowest BCUT2D eigenvalue weighted by atomic mass is 10.1. The largest absolute Gasteiger partial charge is 0.418 e. The number of carbonyl (C=O) groups excluding carboxylic acids is 1. The number of anilines is 1. The molecule has 0 fully saturated rings. The first-order valence-corrected chi connectivity index (χ1v) is 10.1. The van der Waals surface area contributed by atoms with Gasteiger partial charge in [-0.2, -0.15) is 13.2 Å². The Bertz CT molecular complexity index is 1270. The predicted octanol–water partition coefficient (Wildman–Crippen LogP) is 5.59. The number of rotatable bonds is 4. The van der Waals surface area contributed by atoms with E-state index >= 15 is 0 Å². The minimum atomic E-state index is -4.64. The molecule has 2 aromatic carbocycles. The molecule has 10 heteroatoms. The third kappa shape index (κ3) is 3.95. The molecule has 4 aromatic rings. The first-order chi connectivity index (χ1) is 14.2. The Kier molecular flexibility index (Phi) is 5.33. The number of benzene rings is 2. The van der Waals surface area contributed by atoms with Crippen LogP contribution in [0.3, 0.4) is 0 Å². The zero-order valence-electron chi connectivity index (χ0n) is 15.5. The van der Waals surface area contributed by atoms with Gasteiger partial charge in [-0.3, -0.25) is 9.20 Å². The van der Waals surface area contributed by atoms with Crippen LogP contribution in [0.15, 0.2) is 53.7 Å². The van der Waals surface area contributed by atoms with Crippen molar-refractivity contribution in [2.24, 2.45) is 0 Å². The average molecular weight is 451 g/mol. The molecule has 0 saturated heterocycles. The molecule has 0 spiro atoms. The van der Waals surface area contributed by atoms with Gasteiger partial charge >= 0.3 is 6.18 Å². The van der Waals surface area contributed by atoms with E-state index in [1.165, 1.54) is 6.07 Å². The fraction of sp³-hybridized carbons (Fsp3) is 0.150. The molecule has 0 saturated carbocycles. The van der Waals surface area contributed by atoms with Crippen molar-refractivity contribution >= 4 is 51.5 Å². The van der Waals surface area contributed by atoms with Crippen LogP contribution in [-0.2, 0) is 11.0 Å². The van der Waals surface area contributed by atoms with Crippen LogP contribution in [0.5, 0.6) is 0 Å². The van der Waals surface area contributed by atoms with Gasteiger partial charge in [-0.25, -0.2) is 0 Å². The molecule has 2 aromatic heterocycles. The second kappa shape index (κ2) is 7.81. The van der Waals surface area contributed by atoms with Gasteiger partial charge in [0.05, 0.1) is 22.5 Å². The first-order valence-electron chi connectivity index (χ1n) is 8.77. The highest BCUT2D eigenvalue weighted by atomic mass is 35.5. The van der Waals surface area contributed by atoms with Gasteiger partial charge in [0.1, 0.15) is 0 Å². The molecule has 0 radical (unpaired) electrons. The summed E-state index contributed by atoms with van der Waals surface area (Å²) in [6, 6.07) is 12.8. The van der Waals surface area contributed by atoms with Crippen LogP contribution < -0.4 is 5.32 Å². The molecule has 0 unspecified atom stereocenters. The lowest BCUT2D eigenvalue weighted by Crippen LogP contribution is -2.18. The summed E-state index contributed by atoms with van der Waals surface area (Å²) >= 11 is 6.76. The van der Waals surface area contributed by atoms with E-state index in [-0.39, 0.29) is 16.5 Å². The summed E-state index contributed by atoms with van der Waals surface area (Å²) in [4.78, 5) is 12.3. The van der Waals surface area contributed by atoms with Gasteiger partial charge in [0.2, 0.25) is 5.91 Å². The number of amides is 1. The summed E-state index contributed by atoms with van der Waals surface area (Å²) in [6.45, 7) is 1.97. The highest BCUT2D eigenvalue weighted by molar-refractivity contribution is 7.99. The number of carbonyl (C=O) groups is 1. The van der Waals surface area contributed by atoms with Crippen molar-refractivity contribution in [2.45, 2.75) is 18.3 Å². The summed E-state index contributed by atoms with van der Waals surface area (Å²) in [7, 11) is 0. The number of alkyl halides is 3. The normalized spacial score (nSPS) is 11.9. The Hall–Kier alpha value is -2.78. The molecule has 0 aliphatic rings. The van der Waals surface area contributed by atoms with Crippen LogP contribution in [0.1, 0.15) is 11.1 Å². The van der Waals surface area contributed by atoms with Crippen molar-refractivity contribution in [2.75, 3.05) is 11.1 Å². The molecule has 1 N–H and O–H groups in total. The monoisotopic (exact) mass is 450 g/mol. The fourth-order valence-electron chi connectivity index (χ4n) is 3.14. The molecule has 0 bridgehead atoms. The zero-order chi connectivity index (χ0) is 21.5. The molecule has 0 aliphatic carbocycles. The van der Waals surface area contributed by atoms with Gasteiger partial charge in [0.15, 0.2) is 10.8 Å². The number of nitrogens with one attached hydrogen (secondary N) is 1. The SMILES string of the molecule is Cc1cc2nnc(SCC(=O)Nc3ccc(Cl)cc3C(F)(F)F)n2c2ccccc12. The second-order valence-corrected chi connectivity index (χ2v) is 7.92. The Labute approximate surface area is 178 Å². The number of para-hydroxylation sites is 1. The Balaban J connectivity index is 1.57. The lowest BCUT2D eigenvalue weighted by molar-refractivity contribution is -0.137. The maximum atomic E-state index is 13.2. The number of aryl methyl sites for hydroxylation is 1. The molecular weight excluding hydrogens is 437 g/mol. The molecule has 154 valence electrons. The van der Waals surface area contributed by atoms with Crippen molar-refractivity contribution in [3.8, 4) is 0 Å². The van der Waals surface area contributed by atoms with Crippen LogP contribution in [-0.4, -0.2) is 26.3 Å². The van der Waals surface area contributed by atoms with Gasteiger partial charge in [0.25, 0.3) is 0 Å². The maximum absolute atomic E-state index is 13.2. The summed E-state index contributed by atoms with van der Waals surface area (Å²) in [5, 5.41) is 12.0. The van der Waals surface area contributed by atoms with Crippen molar-refractivity contribution in [3.05, 3.63) is 64.7 Å². The first kappa shape index (κ1) is 20.5. The minimum absolute atomic E-state index is 0.0631. The van der Waals surface area contributed by atoms with Crippen molar-refractivity contribution < 1.29 is 18.0 Å². The van der Waals surface area contributed by atoms with Gasteiger partial charge in [-0.1, -0.05) is 41.6 Å². The van der Waals surface area contributed by atoms with Crippen molar-refractivity contribution in [1.82, 2.24) is 14.6 Å². The van der Waals surface area contributed by atoms with Crippen molar-refractivity contribution in [1.29, 1.82) is 0 Å². The Morgan fingerprint density at radius 2 is 1.93 bits per heavy atom. The molecule has 30 heavy (non-hydrogen) atoms. The van der Waals surface area contributed by atoms with E-state index < -0.39 is 17.6 Å². The van der Waals surface area contributed by atoms with Gasteiger partial charge in [0, 0.05) is 10.4 Å². The maximum Gasteiger partial charge on any atom is 0.418 e. The fourth-order valence-corrected chi connectivity index (χ4v) is 4.07. The van der Waals surface area contributed by atoms with Gasteiger partial charge in [-0.05, 0) is 42.8 Å². The van der Waals surface area contributed by atoms with Crippen LogP contribution in [0, 0.1) is 6.92 Å². The Morgan fingerprint density at radius 1 is 1.17 bits per heavy atom. The standard InChI is InChI=1S/C20H14ClF3N4OS/c1-11-8-17-26-27-19(28(17)16-5-3-2-4-13(11)16)30-10-18(29)25-15-7-6-12(21)9-14(15)20(22,23)24/h2-9H,10H2,1H3,(H,25,29). The van der Waals surface area contributed by atoms with Gasteiger partial charge in [-0.15, -0.1) is 10.2 Å². The highest BCUT2D eigenvalue weighted by Crippen LogP contribution is 2.36. The quantitative estimate of drug-likeness (QED) is 0.411. The third-order valence-corrected chi connectivity index (χ3v) is 5.63. The van der Waals surface area contributed by atoms with Crippen LogP contribution in [0.4, 0.5) is 18.9 Å². The minimum Gasteiger partial charge on any atom is -0.325 e. The van der Waals surface area contributed by atoms with E-state index in [2.05, 4.69) is 15.5 Å². The molecule has 4 rings (SSSR count). The topological polar surface area (TPSA) is 59.3 Å².